The highest BCUT2D eigenvalue weighted by molar-refractivity contribution is 6.21. The predicted octanol–water partition coefficient (Wildman–Crippen LogP) is 2.17. The lowest BCUT2D eigenvalue weighted by Crippen LogP contribution is -2.24. The van der Waals surface area contributed by atoms with E-state index in [9.17, 15) is 9.59 Å². The molecule has 4 rings (SSSR count). The van der Waals surface area contributed by atoms with Crippen LogP contribution in [-0.4, -0.2) is 17.9 Å². The van der Waals surface area contributed by atoms with Crippen molar-refractivity contribution in [3.05, 3.63) is 29.3 Å². The number of carbonyl (C=O) groups excluding carboxylic acids is 2. The minimum Gasteiger partial charge on any atom is -0.382 e. The van der Waals surface area contributed by atoms with Crippen LogP contribution in [0.25, 0.3) is 0 Å². The van der Waals surface area contributed by atoms with Crippen LogP contribution in [0.2, 0.25) is 0 Å². The van der Waals surface area contributed by atoms with Crippen molar-refractivity contribution in [2.45, 2.75) is 31.7 Å². The normalized spacial score (nSPS) is 21.5. The molecule has 1 heterocycles. The Bertz CT molecular complexity index is 562. The van der Waals surface area contributed by atoms with Crippen LogP contribution in [0, 0.1) is 11.8 Å². The van der Waals surface area contributed by atoms with E-state index < -0.39 is 0 Å². The van der Waals surface area contributed by atoms with Crippen LogP contribution in [0.15, 0.2) is 18.2 Å². The zero-order valence-corrected chi connectivity index (χ0v) is 10.6. The third kappa shape index (κ3) is 1.91. The van der Waals surface area contributed by atoms with Gasteiger partial charge in [0.1, 0.15) is 0 Å². The Kier molecular flexibility index (Phi) is 2.22. The Labute approximate surface area is 111 Å². The number of benzene rings is 1. The van der Waals surface area contributed by atoms with Gasteiger partial charge in [0.25, 0.3) is 11.8 Å². The molecule has 0 spiro atoms. The monoisotopic (exact) mass is 256 g/mol. The van der Waals surface area contributed by atoms with Gasteiger partial charge in [-0.3, -0.25) is 14.9 Å². The molecule has 0 aromatic heterocycles. The summed E-state index contributed by atoms with van der Waals surface area (Å²) in [6.45, 7) is 0. The lowest BCUT2D eigenvalue weighted by molar-refractivity contribution is 0.0879. The summed E-state index contributed by atoms with van der Waals surface area (Å²) >= 11 is 0. The van der Waals surface area contributed by atoms with E-state index in [0.29, 0.717) is 17.2 Å². The molecular weight excluding hydrogens is 240 g/mol. The molecule has 4 heteroatoms. The van der Waals surface area contributed by atoms with E-state index in [1.165, 1.54) is 25.7 Å². The van der Waals surface area contributed by atoms with E-state index >= 15 is 0 Å². The SMILES string of the molecule is O=C1NC(=O)c2cc(NC(C3CC3)C3CC3)ccc21. The number of amides is 2. The van der Waals surface area contributed by atoms with Gasteiger partial charge in [-0.15, -0.1) is 0 Å². The van der Waals surface area contributed by atoms with E-state index in [4.69, 9.17) is 0 Å². The van der Waals surface area contributed by atoms with Crippen LogP contribution in [0.3, 0.4) is 0 Å². The first-order valence-corrected chi connectivity index (χ1v) is 6.98. The molecule has 4 nitrogen and oxygen atoms in total. The second-order valence-corrected chi connectivity index (χ2v) is 5.89. The third-order valence-electron chi connectivity index (χ3n) is 4.33. The minimum atomic E-state index is -0.285. The average molecular weight is 256 g/mol. The zero-order valence-electron chi connectivity index (χ0n) is 10.6. The number of fused-ring (bicyclic) bond motifs is 1. The van der Waals surface area contributed by atoms with Crippen molar-refractivity contribution in [1.82, 2.24) is 5.32 Å². The van der Waals surface area contributed by atoms with Crippen molar-refractivity contribution in [2.75, 3.05) is 5.32 Å². The van der Waals surface area contributed by atoms with Crippen molar-refractivity contribution in [2.24, 2.45) is 11.8 Å². The van der Waals surface area contributed by atoms with E-state index in [0.717, 1.165) is 17.5 Å². The second kappa shape index (κ2) is 3.83. The van der Waals surface area contributed by atoms with Crippen LogP contribution in [0.1, 0.15) is 46.4 Å². The van der Waals surface area contributed by atoms with Crippen molar-refractivity contribution in [1.29, 1.82) is 0 Å². The Balaban J connectivity index is 1.60. The standard InChI is InChI=1S/C15H16N2O2/c18-14-11-6-5-10(7-12(11)15(19)17-14)16-13(8-1-2-8)9-3-4-9/h5-9,13,16H,1-4H2,(H,17,18,19). The molecule has 0 bridgehead atoms. The highest BCUT2D eigenvalue weighted by Crippen LogP contribution is 2.46. The first-order valence-electron chi connectivity index (χ1n) is 6.98. The third-order valence-corrected chi connectivity index (χ3v) is 4.33. The molecule has 2 N–H and O–H groups in total. The van der Waals surface area contributed by atoms with Crippen LogP contribution in [0.5, 0.6) is 0 Å². The highest BCUT2D eigenvalue weighted by atomic mass is 16.2. The highest BCUT2D eigenvalue weighted by Gasteiger charge is 2.41. The van der Waals surface area contributed by atoms with E-state index in [-0.39, 0.29) is 11.8 Å². The first-order chi connectivity index (χ1) is 9.22. The molecule has 1 aliphatic heterocycles. The van der Waals surface area contributed by atoms with Crippen LogP contribution < -0.4 is 10.6 Å². The maximum absolute atomic E-state index is 11.6. The molecule has 2 fully saturated rings. The predicted molar refractivity (Wildman–Crippen MR) is 71.1 cm³/mol. The van der Waals surface area contributed by atoms with E-state index in [2.05, 4.69) is 10.6 Å². The van der Waals surface area contributed by atoms with Crippen LogP contribution in [-0.2, 0) is 0 Å². The molecule has 98 valence electrons. The number of hydrogen-bond donors (Lipinski definition) is 2. The van der Waals surface area contributed by atoms with Gasteiger partial charge >= 0.3 is 0 Å². The fraction of sp³-hybridized carbons (Fsp3) is 0.467. The summed E-state index contributed by atoms with van der Waals surface area (Å²) in [5, 5.41) is 5.90. The number of rotatable bonds is 4. The summed E-state index contributed by atoms with van der Waals surface area (Å²) in [5.41, 5.74) is 1.96. The van der Waals surface area contributed by atoms with E-state index in [1.807, 2.05) is 12.1 Å². The molecule has 1 aromatic rings. The first kappa shape index (κ1) is 11.0. The molecule has 2 amide bonds. The maximum Gasteiger partial charge on any atom is 0.259 e. The summed E-state index contributed by atoms with van der Waals surface area (Å²) in [6.07, 6.45) is 5.27. The van der Waals surface area contributed by atoms with Crippen molar-refractivity contribution in [3.63, 3.8) is 0 Å². The number of nitrogens with one attached hydrogen (secondary N) is 2. The molecule has 3 aliphatic rings. The lowest BCUT2D eigenvalue weighted by Gasteiger charge is -2.19. The van der Waals surface area contributed by atoms with Gasteiger partial charge in [0.2, 0.25) is 0 Å². The number of anilines is 1. The molecule has 0 atom stereocenters. The largest absolute Gasteiger partial charge is 0.382 e. The smallest absolute Gasteiger partial charge is 0.259 e. The molecule has 2 saturated carbocycles. The van der Waals surface area contributed by atoms with Gasteiger partial charge in [-0.05, 0) is 55.7 Å². The molecule has 1 aromatic carbocycles. The van der Waals surface area contributed by atoms with Gasteiger partial charge in [0.05, 0.1) is 11.1 Å². The fourth-order valence-electron chi connectivity index (χ4n) is 2.98. The molecule has 19 heavy (non-hydrogen) atoms. The Morgan fingerprint density at radius 2 is 1.63 bits per heavy atom. The van der Waals surface area contributed by atoms with Gasteiger partial charge in [-0.1, -0.05) is 0 Å². The number of hydrogen-bond acceptors (Lipinski definition) is 3. The van der Waals surface area contributed by atoms with Crippen molar-refractivity contribution >= 4 is 17.5 Å². The summed E-state index contributed by atoms with van der Waals surface area (Å²) < 4.78 is 0. The van der Waals surface area contributed by atoms with Crippen LogP contribution in [0.4, 0.5) is 5.69 Å². The zero-order chi connectivity index (χ0) is 13.0. The topological polar surface area (TPSA) is 58.2 Å². The lowest BCUT2D eigenvalue weighted by atomic mass is 10.0. The molecule has 0 unspecified atom stereocenters. The quantitative estimate of drug-likeness (QED) is 0.812. The summed E-state index contributed by atoms with van der Waals surface area (Å²) in [6, 6.07) is 6.02. The number of carbonyl (C=O) groups is 2. The Hall–Kier alpha value is -1.84. The average Bonchev–Trinajstić information content (AvgIpc) is 3.27. The molecule has 0 radical (unpaired) electrons. The van der Waals surface area contributed by atoms with Gasteiger partial charge in [-0.25, -0.2) is 0 Å². The van der Waals surface area contributed by atoms with Crippen molar-refractivity contribution in [3.8, 4) is 0 Å². The second-order valence-electron chi connectivity index (χ2n) is 5.89. The summed E-state index contributed by atoms with van der Waals surface area (Å²) in [5.74, 6) is 1.04. The molecule has 2 aliphatic carbocycles. The summed E-state index contributed by atoms with van der Waals surface area (Å²) in [4.78, 5) is 23.1. The van der Waals surface area contributed by atoms with Crippen LogP contribution >= 0.6 is 0 Å². The van der Waals surface area contributed by atoms with Crippen molar-refractivity contribution < 1.29 is 9.59 Å². The van der Waals surface area contributed by atoms with Gasteiger partial charge in [-0.2, -0.15) is 0 Å². The molecule has 0 saturated heterocycles. The Morgan fingerprint density at radius 3 is 2.26 bits per heavy atom. The van der Waals surface area contributed by atoms with E-state index in [1.54, 1.807) is 6.07 Å². The maximum atomic E-state index is 11.6. The Morgan fingerprint density at radius 1 is 1.00 bits per heavy atom. The fourth-order valence-corrected chi connectivity index (χ4v) is 2.98. The number of imide groups is 1. The molecular formula is C15H16N2O2. The van der Waals surface area contributed by atoms with Gasteiger partial charge in [0, 0.05) is 11.7 Å². The summed E-state index contributed by atoms with van der Waals surface area (Å²) in [7, 11) is 0. The van der Waals surface area contributed by atoms with Gasteiger partial charge in [0.15, 0.2) is 0 Å². The minimum absolute atomic E-state index is 0.280. The van der Waals surface area contributed by atoms with Gasteiger partial charge < -0.3 is 5.32 Å².